The molecule has 0 unspecified atom stereocenters. The predicted octanol–water partition coefficient (Wildman–Crippen LogP) is 6.11. The van der Waals surface area contributed by atoms with Crippen molar-refractivity contribution in [1.82, 2.24) is 5.32 Å². The number of rotatable bonds is 8. The highest BCUT2D eigenvalue weighted by atomic mass is 35.5. The molecule has 0 atom stereocenters. The molecule has 0 bridgehead atoms. The van der Waals surface area contributed by atoms with Crippen LogP contribution < -0.4 is 14.8 Å². The van der Waals surface area contributed by atoms with Crippen LogP contribution in [0, 0.1) is 18.3 Å². The molecule has 3 aromatic carbocycles. The number of methoxy groups -OCH3 is 1. The van der Waals surface area contributed by atoms with Gasteiger partial charge < -0.3 is 14.8 Å². The van der Waals surface area contributed by atoms with Crippen LogP contribution in [0.4, 0.5) is 0 Å². The molecule has 0 radical (unpaired) electrons. The summed E-state index contributed by atoms with van der Waals surface area (Å²) in [6.45, 7) is 2.60. The lowest BCUT2D eigenvalue weighted by atomic mass is 10.1. The quantitative estimate of drug-likeness (QED) is 0.311. The average Bonchev–Trinajstić information content (AvgIpc) is 2.82. The van der Waals surface area contributed by atoms with Crippen molar-refractivity contribution >= 4 is 35.2 Å². The van der Waals surface area contributed by atoms with E-state index < -0.39 is 5.91 Å². The van der Waals surface area contributed by atoms with Crippen molar-refractivity contribution in [3.63, 3.8) is 0 Å². The molecule has 0 heterocycles. The number of aryl methyl sites for hydroxylation is 1. The molecule has 0 fully saturated rings. The lowest BCUT2D eigenvalue weighted by molar-refractivity contribution is -0.117. The Morgan fingerprint density at radius 1 is 1.03 bits per heavy atom. The second-order valence-electron chi connectivity index (χ2n) is 7.29. The molecule has 0 saturated carbocycles. The number of nitriles is 1. The zero-order valence-corrected chi connectivity index (χ0v) is 19.7. The molecule has 0 saturated heterocycles. The van der Waals surface area contributed by atoms with Crippen molar-refractivity contribution in [1.29, 1.82) is 5.26 Å². The SMILES string of the molecule is COc1ccc(CNC(=O)/C(C#N)=C\c2cc(Cl)c(OCc3ccc(C)cc3)c(Cl)c2)cc1. The lowest BCUT2D eigenvalue weighted by Crippen LogP contribution is -2.23. The number of ether oxygens (including phenoxy) is 2. The zero-order valence-electron chi connectivity index (χ0n) is 18.2. The van der Waals surface area contributed by atoms with Crippen molar-refractivity contribution in [2.75, 3.05) is 7.11 Å². The van der Waals surface area contributed by atoms with E-state index >= 15 is 0 Å². The van der Waals surface area contributed by atoms with Gasteiger partial charge in [-0.05, 0) is 54.0 Å². The summed E-state index contributed by atoms with van der Waals surface area (Å²) in [5, 5.41) is 12.8. The van der Waals surface area contributed by atoms with Gasteiger partial charge in [0.25, 0.3) is 5.91 Å². The highest BCUT2D eigenvalue weighted by molar-refractivity contribution is 6.37. The van der Waals surface area contributed by atoms with Gasteiger partial charge in [-0.1, -0.05) is 65.2 Å². The molecular weight excluding hydrogens is 459 g/mol. The minimum Gasteiger partial charge on any atom is -0.497 e. The molecular formula is C26H22Cl2N2O3. The maximum atomic E-state index is 12.5. The van der Waals surface area contributed by atoms with E-state index in [2.05, 4.69) is 5.32 Å². The van der Waals surface area contributed by atoms with Gasteiger partial charge in [-0.3, -0.25) is 4.79 Å². The Morgan fingerprint density at radius 2 is 1.64 bits per heavy atom. The van der Waals surface area contributed by atoms with Crippen molar-refractivity contribution in [3.8, 4) is 17.6 Å². The van der Waals surface area contributed by atoms with Crippen LogP contribution in [-0.4, -0.2) is 13.0 Å². The number of amides is 1. The minimum absolute atomic E-state index is 0.0658. The molecule has 5 nitrogen and oxygen atoms in total. The summed E-state index contributed by atoms with van der Waals surface area (Å²) in [4.78, 5) is 12.5. The van der Waals surface area contributed by atoms with Gasteiger partial charge in [0.15, 0.2) is 5.75 Å². The summed E-state index contributed by atoms with van der Waals surface area (Å²) in [5.41, 5.74) is 3.47. The van der Waals surface area contributed by atoms with Crippen LogP contribution in [0.1, 0.15) is 22.3 Å². The van der Waals surface area contributed by atoms with Gasteiger partial charge in [0.2, 0.25) is 0 Å². The van der Waals surface area contributed by atoms with Crippen LogP contribution in [0.5, 0.6) is 11.5 Å². The van der Waals surface area contributed by atoms with Crippen LogP contribution in [0.3, 0.4) is 0 Å². The smallest absolute Gasteiger partial charge is 0.262 e. The predicted molar refractivity (Wildman–Crippen MR) is 130 cm³/mol. The largest absolute Gasteiger partial charge is 0.497 e. The summed E-state index contributed by atoms with van der Waals surface area (Å²) in [7, 11) is 1.59. The molecule has 33 heavy (non-hydrogen) atoms. The molecule has 0 aliphatic carbocycles. The average molecular weight is 481 g/mol. The third-order valence-corrected chi connectivity index (χ3v) is 5.37. The van der Waals surface area contributed by atoms with Crippen molar-refractivity contribution < 1.29 is 14.3 Å². The first-order chi connectivity index (χ1) is 15.9. The van der Waals surface area contributed by atoms with Crippen LogP contribution in [-0.2, 0) is 17.9 Å². The van der Waals surface area contributed by atoms with Crippen molar-refractivity contribution in [2.24, 2.45) is 0 Å². The number of nitrogens with one attached hydrogen (secondary N) is 1. The van der Waals surface area contributed by atoms with Crippen LogP contribution in [0.25, 0.3) is 6.08 Å². The molecule has 0 spiro atoms. The van der Waals surface area contributed by atoms with Gasteiger partial charge in [-0.2, -0.15) is 5.26 Å². The molecule has 1 amide bonds. The fourth-order valence-corrected chi connectivity index (χ4v) is 3.59. The molecule has 168 valence electrons. The fraction of sp³-hybridized carbons (Fsp3) is 0.154. The lowest BCUT2D eigenvalue weighted by Gasteiger charge is -2.11. The van der Waals surface area contributed by atoms with E-state index in [4.69, 9.17) is 32.7 Å². The number of carbonyl (C=O) groups is 1. The fourth-order valence-electron chi connectivity index (χ4n) is 2.98. The first-order valence-electron chi connectivity index (χ1n) is 10.1. The molecule has 7 heteroatoms. The Labute approximate surface area is 203 Å². The summed E-state index contributed by atoms with van der Waals surface area (Å²) >= 11 is 12.7. The van der Waals surface area contributed by atoms with Gasteiger partial charge in [0, 0.05) is 6.54 Å². The minimum atomic E-state index is -0.500. The van der Waals surface area contributed by atoms with E-state index in [0.717, 1.165) is 22.4 Å². The maximum Gasteiger partial charge on any atom is 0.262 e. The van der Waals surface area contributed by atoms with Gasteiger partial charge in [-0.15, -0.1) is 0 Å². The van der Waals surface area contributed by atoms with Gasteiger partial charge in [0.05, 0.1) is 17.2 Å². The van der Waals surface area contributed by atoms with Crippen molar-refractivity contribution in [3.05, 3.63) is 98.5 Å². The summed E-state index contributed by atoms with van der Waals surface area (Å²) in [6, 6.07) is 20.3. The summed E-state index contributed by atoms with van der Waals surface area (Å²) in [5.74, 6) is 0.571. The number of carbonyl (C=O) groups excluding carboxylic acids is 1. The topological polar surface area (TPSA) is 71.3 Å². The molecule has 0 aliphatic rings. The highest BCUT2D eigenvalue weighted by Gasteiger charge is 2.13. The molecule has 0 aromatic heterocycles. The maximum absolute atomic E-state index is 12.5. The summed E-state index contributed by atoms with van der Waals surface area (Å²) in [6.07, 6.45) is 1.44. The Kier molecular flexibility index (Phi) is 8.37. The molecule has 3 rings (SSSR count). The Morgan fingerprint density at radius 3 is 2.21 bits per heavy atom. The zero-order chi connectivity index (χ0) is 23.8. The third-order valence-electron chi connectivity index (χ3n) is 4.81. The normalized spacial score (nSPS) is 10.9. The van der Waals surface area contributed by atoms with Crippen LogP contribution in [0.15, 0.2) is 66.2 Å². The number of hydrogen-bond acceptors (Lipinski definition) is 4. The monoisotopic (exact) mass is 480 g/mol. The number of hydrogen-bond donors (Lipinski definition) is 1. The first-order valence-corrected chi connectivity index (χ1v) is 10.9. The molecule has 3 aromatic rings. The number of halogens is 2. The van der Waals surface area contributed by atoms with Crippen LogP contribution >= 0.6 is 23.2 Å². The van der Waals surface area contributed by atoms with Crippen LogP contribution in [0.2, 0.25) is 10.0 Å². The van der Waals surface area contributed by atoms with E-state index in [-0.39, 0.29) is 22.2 Å². The number of benzene rings is 3. The van der Waals surface area contributed by atoms with Gasteiger partial charge in [-0.25, -0.2) is 0 Å². The van der Waals surface area contributed by atoms with Gasteiger partial charge >= 0.3 is 0 Å². The first kappa shape index (κ1) is 24.2. The molecule has 0 aliphatic heterocycles. The second kappa shape index (κ2) is 11.4. The van der Waals surface area contributed by atoms with E-state index in [0.29, 0.717) is 17.9 Å². The van der Waals surface area contributed by atoms with E-state index in [1.807, 2.05) is 49.4 Å². The second-order valence-corrected chi connectivity index (χ2v) is 8.10. The highest BCUT2D eigenvalue weighted by Crippen LogP contribution is 2.35. The van der Waals surface area contributed by atoms with E-state index in [1.54, 1.807) is 31.4 Å². The Hall–Kier alpha value is -3.46. The van der Waals surface area contributed by atoms with E-state index in [9.17, 15) is 10.1 Å². The van der Waals surface area contributed by atoms with Gasteiger partial charge in [0.1, 0.15) is 24.0 Å². The van der Waals surface area contributed by atoms with Crippen molar-refractivity contribution in [2.45, 2.75) is 20.1 Å². The molecule has 1 N–H and O–H groups in total. The summed E-state index contributed by atoms with van der Waals surface area (Å²) < 4.78 is 10.9. The van der Waals surface area contributed by atoms with E-state index in [1.165, 1.54) is 6.08 Å². The number of nitrogens with zero attached hydrogens (tertiary/aromatic N) is 1. The Bertz CT molecular complexity index is 1170. The standard InChI is InChI=1S/C26H22Cl2N2O3/c1-17-3-5-19(6-4-17)16-33-25-23(27)12-20(13-24(25)28)11-21(14-29)26(31)30-15-18-7-9-22(32-2)10-8-18/h3-13H,15-16H2,1-2H3,(H,30,31)/b21-11-. The third kappa shape index (κ3) is 6.76. The Balaban J connectivity index is 1.68.